The van der Waals surface area contributed by atoms with E-state index >= 15 is 0 Å². The molecule has 0 aliphatic heterocycles. The number of amides is 1. The van der Waals surface area contributed by atoms with Crippen LogP contribution in [-0.2, 0) is 4.79 Å². The highest BCUT2D eigenvalue weighted by Gasteiger charge is 2.25. The van der Waals surface area contributed by atoms with E-state index in [1.165, 1.54) is 0 Å². The van der Waals surface area contributed by atoms with Crippen LogP contribution in [0.25, 0.3) is 0 Å². The molecule has 0 saturated carbocycles. The van der Waals surface area contributed by atoms with E-state index < -0.39 is 0 Å². The van der Waals surface area contributed by atoms with Gasteiger partial charge < -0.3 is 5.73 Å². The smallest absolute Gasteiger partial charge is 0.223 e. The summed E-state index contributed by atoms with van der Waals surface area (Å²) < 4.78 is 0. The Bertz CT molecular complexity index is 172. The first kappa shape index (κ1) is 9.43. The van der Waals surface area contributed by atoms with Gasteiger partial charge in [-0.25, -0.2) is 0 Å². The van der Waals surface area contributed by atoms with E-state index in [0.717, 1.165) is 15.8 Å². The van der Waals surface area contributed by atoms with Crippen LogP contribution >= 0.6 is 0 Å². The van der Waals surface area contributed by atoms with Crippen LogP contribution in [0.5, 0.6) is 0 Å². The molecule has 58 valence electrons. The first-order chi connectivity index (χ1) is 4.42. The molecule has 0 aliphatic carbocycles. The zero-order chi connectivity index (χ0) is 8.36. The predicted octanol–water partition coefficient (Wildman–Crippen LogP) is -0.0181. The minimum atomic E-state index is -0.352. The molecule has 0 aromatic heterocycles. The van der Waals surface area contributed by atoms with Crippen molar-refractivity contribution >= 4 is 16.1 Å². The first-order valence-electron chi connectivity index (χ1n) is 3.36. The van der Waals surface area contributed by atoms with Crippen molar-refractivity contribution < 1.29 is 4.79 Å². The van der Waals surface area contributed by atoms with Crippen LogP contribution in [0.15, 0.2) is 11.6 Å². The number of rotatable bonds is 2. The van der Waals surface area contributed by atoms with Crippen molar-refractivity contribution in [3.8, 4) is 0 Å². The summed E-state index contributed by atoms with van der Waals surface area (Å²) in [4.78, 5) is 10.8. The Kier molecular flexibility index (Phi) is 2.84. The van der Waals surface area contributed by atoms with Gasteiger partial charge in [-0.15, -0.1) is 0 Å². The summed E-state index contributed by atoms with van der Waals surface area (Å²) in [5, 5.41) is -0.352. The summed E-state index contributed by atoms with van der Waals surface area (Å²) in [5.41, 5.74) is 6.28. The van der Waals surface area contributed by atoms with Gasteiger partial charge in [-0.3, -0.25) is 4.79 Å². The van der Waals surface area contributed by atoms with Crippen LogP contribution in [-0.4, -0.2) is 16.1 Å². The van der Waals surface area contributed by atoms with Gasteiger partial charge >= 0.3 is 0 Å². The van der Waals surface area contributed by atoms with E-state index in [1.54, 1.807) is 0 Å². The van der Waals surface area contributed by atoms with Crippen LogP contribution in [0, 0.1) is 0 Å². The molecule has 1 atom stereocenters. The van der Waals surface area contributed by atoms with E-state index in [0.29, 0.717) is 0 Å². The zero-order valence-corrected chi connectivity index (χ0v) is 9.06. The molecular weight excluding hydrogens is 142 g/mol. The maximum Gasteiger partial charge on any atom is 0.223 e. The molecule has 1 unspecified atom stereocenters. The number of allylic oxidation sites excluding steroid dienone is 1. The van der Waals surface area contributed by atoms with Crippen molar-refractivity contribution in [1.29, 1.82) is 0 Å². The van der Waals surface area contributed by atoms with Gasteiger partial charge in [0.2, 0.25) is 5.91 Å². The molecule has 0 radical (unpaired) electrons. The highest BCUT2D eigenvalue weighted by atomic mass is 28.1. The third-order valence-corrected chi connectivity index (χ3v) is 3.32. The number of nitrogens with two attached hydrogens (primary N) is 1. The standard InChI is InChI=1S/C7H15NOSi/c1-4-5(2)7(3,10)6(8)9/h4H,1-3,10H3,(H2,8,9). The third kappa shape index (κ3) is 1.70. The molecule has 0 rings (SSSR count). The van der Waals surface area contributed by atoms with E-state index in [-0.39, 0.29) is 10.9 Å². The largest absolute Gasteiger partial charge is 0.369 e. The number of primary amides is 1. The Morgan fingerprint density at radius 3 is 2.20 bits per heavy atom. The lowest BCUT2D eigenvalue weighted by atomic mass is 10.0. The van der Waals surface area contributed by atoms with Crippen LogP contribution in [0.3, 0.4) is 0 Å². The van der Waals surface area contributed by atoms with Gasteiger partial charge in [0, 0.05) is 15.3 Å². The minimum absolute atomic E-state index is 0.213. The monoisotopic (exact) mass is 157 g/mol. The van der Waals surface area contributed by atoms with Crippen molar-refractivity contribution in [3.05, 3.63) is 11.6 Å². The molecule has 3 heteroatoms. The Hall–Kier alpha value is -0.573. The van der Waals surface area contributed by atoms with Crippen molar-refractivity contribution in [1.82, 2.24) is 0 Å². The molecule has 0 fully saturated rings. The molecule has 2 N–H and O–H groups in total. The lowest BCUT2D eigenvalue weighted by Gasteiger charge is -2.20. The average molecular weight is 157 g/mol. The fraction of sp³-hybridized carbons (Fsp3) is 0.571. The highest BCUT2D eigenvalue weighted by Crippen LogP contribution is 2.29. The van der Waals surface area contributed by atoms with E-state index in [9.17, 15) is 4.79 Å². The molecule has 0 aliphatic rings. The minimum Gasteiger partial charge on any atom is -0.369 e. The van der Waals surface area contributed by atoms with Gasteiger partial charge in [0.15, 0.2) is 0 Å². The number of hydrogen-bond donors (Lipinski definition) is 1. The zero-order valence-electron chi connectivity index (χ0n) is 7.06. The van der Waals surface area contributed by atoms with Crippen molar-refractivity contribution in [3.63, 3.8) is 0 Å². The Morgan fingerprint density at radius 2 is 2.10 bits per heavy atom. The van der Waals surface area contributed by atoms with Gasteiger partial charge in [0.1, 0.15) is 0 Å². The summed E-state index contributed by atoms with van der Waals surface area (Å²) in [6, 6.07) is 0. The molecule has 10 heavy (non-hydrogen) atoms. The van der Waals surface area contributed by atoms with E-state index in [2.05, 4.69) is 0 Å². The topological polar surface area (TPSA) is 43.1 Å². The average Bonchev–Trinajstić information content (AvgIpc) is 1.86. The fourth-order valence-electron chi connectivity index (χ4n) is 0.555. The second-order valence-electron chi connectivity index (χ2n) is 2.96. The Morgan fingerprint density at radius 1 is 1.70 bits per heavy atom. The quantitative estimate of drug-likeness (QED) is 0.444. The SMILES string of the molecule is CC=C(C)C(C)([SiH3])C(N)=O. The van der Waals surface area contributed by atoms with Crippen molar-refractivity contribution in [2.24, 2.45) is 5.73 Å². The maximum absolute atomic E-state index is 10.8. The van der Waals surface area contributed by atoms with Crippen LogP contribution in [0.4, 0.5) is 0 Å². The molecular formula is C7H15NOSi. The molecule has 0 spiro atoms. The van der Waals surface area contributed by atoms with Gasteiger partial charge in [0.05, 0.1) is 0 Å². The normalized spacial score (nSPS) is 18.5. The predicted molar refractivity (Wildman–Crippen MR) is 46.9 cm³/mol. The van der Waals surface area contributed by atoms with Gasteiger partial charge in [-0.05, 0) is 13.8 Å². The number of hydrogen-bond acceptors (Lipinski definition) is 1. The Labute approximate surface area is 64.9 Å². The summed E-state index contributed by atoms with van der Waals surface area (Å²) in [5.74, 6) is -0.213. The van der Waals surface area contributed by atoms with Crippen molar-refractivity contribution in [2.75, 3.05) is 0 Å². The van der Waals surface area contributed by atoms with Gasteiger partial charge in [0.25, 0.3) is 0 Å². The molecule has 0 saturated heterocycles. The second kappa shape index (κ2) is 3.01. The van der Waals surface area contributed by atoms with Gasteiger partial charge in [-0.2, -0.15) is 0 Å². The third-order valence-electron chi connectivity index (χ3n) is 2.03. The Balaban J connectivity index is 4.56. The second-order valence-corrected chi connectivity index (χ2v) is 4.96. The van der Waals surface area contributed by atoms with Crippen LogP contribution < -0.4 is 5.73 Å². The molecule has 0 aromatic carbocycles. The van der Waals surface area contributed by atoms with Gasteiger partial charge in [-0.1, -0.05) is 18.6 Å². The number of carbonyl (C=O) groups excluding carboxylic acids is 1. The van der Waals surface area contributed by atoms with Crippen LogP contribution in [0.2, 0.25) is 5.04 Å². The highest BCUT2D eigenvalue weighted by molar-refractivity contribution is 6.29. The van der Waals surface area contributed by atoms with Crippen LogP contribution in [0.1, 0.15) is 20.8 Å². The summed E-state index contributed by atoms with van der Waals surface area (Å²) in [6.07, 6.45) is 1.94. The maximum atomic E-state index is 10.8. The number of carbonyl (C=O) groups is 1. The molecule has 2 nitrogen and oxygen atoms in total. The molecule has 0 aromatic rings. The lowest BCUT2D eigenvalue weighted by Crippen LogP contribution is -2.29. The lowest BCUT2D eigenvalue weighted by molar-refractivity contribution is -0.119. The fourth-order valence-corrected chi connectivity index (χ4v) is 0.844. The molecule has 1 amide bonds. The summed E-state index contributed by atoms with van der Waals surface area (Å²) >= 11 is 0. The molecule has 0 bridgehead atoms. The molecule has 0 heterocycles. The van der Waals surface area contributed by atoms with E-state index in [4.69, 9.17) is 5.73 Å². The first-order valence-corrected chi connectivity index (χ1v) is 4.36. The van der Waals surface area contributed by atoms with E-state index in [1.807, 2.05) is 26.8 Å². The summed E-state index contributed by atoms with van der Waals surface area (Å²) in [7, 11) is 0.783. The summed E-state index contributed by atoms with van der Waals surface area (Å²) in [6.45, 7) is 5.75. The van der Waals surface area contributed by atoms with Crippen molar-refractivity contribution in [2.45, 2.75) is 25.8 Å².